The average molecular weight is 406 g/mol. The van der Waals surface area contributed by atoms with Gasteiger partial charge in [-0.2, -0.15) is 5.10 Å². The SMILES string of the molecule is N/C(=C\N(N)c1ccc(CCC(=O)N2CCOCC2)cc1)c1n[nH]c2ccccc12. The number of H-pyrrole nitrogens is 1. The van der Waals surface area contributed by atoms with Gasteiger partial charge in [0.25, 0.3) is 0 Å². The summed E-state index contributed by atoms with van der Waals surface area (Å²) in [7, 11) is 0. The molecule has 8 heteroatoms. The standard InChI is InChI=1S/C22H26N6O2/c23-19(22-18-3-1-2-4-20(18)25-26-22)15-28(24)17-8-5-16(6-9-17)7-10-21(29)27-11-13-30-14-12-27/h1-6,8-9,15H,7,10-14,23-24H2,(H,25,26)/b19-15-. The Hall–Kier alpha value is -3.36. The van der Waals surface area contributed by atoms with Gasteiger partial charge in [0.2, 0.25) is 5.91 Å². The lowest BCUT2D eigenvalue weighted by atomic mass is 10.1. The van der Waals surface area contributed by atoms with Crippen molar-refractivity contribution in [3.63, 3.8) is 0 Å². The summed E-state index contributed by atoms with van der Waals surface area (Å²) < 4.78 is 5.29. The molecule has 0 radical (unpaired) electrons. The number of aryl methyl sites for hydroxylation is 1. The normalized spacial score (nSPS) is 14.8. The molecular formula is C22H26N6O2. The minimum Gasteiger partial charge on any atom is -0.396 e. The number of hydrazine groups is 1. The number of ether oxygens (including phenoxy) is 1. The Kier molecular flexibility index (Phi) is 5.97. The van der Waals surface area contributed by atoms with Crippen LogP contribution in [0.4, 0.5) is 5.69 Å². The lowest BCUT2D eigenvalue weighted by molar-refractivity contribution is -0.135. The van der Waals surface area contributed by atoms with Gasteiger partial charge < -0.3 is 15.4 Å². The molecule has 5 N–H and O–H groups in total. The van der Waals surface area contributed by atoms with Gasteiger partial charge in [-0.1, -0.05) is 30.3 Å². The summed E-state index contributed by atoms with van der Waals surface area (Å²) in [5.74, 6) is 6.35. The number of para-hydroxylation sites is 1. The van der Waals surface area contributed by atoms with E-state index in [9.17, 15) is 4.79 Å². The molecule has 1 saturated heterocycles. The first-order valence-corrected chi connectivity index (χ1v) is 10.0. The number of aromatic amines is 1. The maximum absolute atomic E-state index is 12.3. The van der Waals surface area contributed by atoms with Crippen molar-refractivity contribution in [2.24, 2.45) is 11.6 Å². The maximum Gasteiger partial charge on any atom is 0.223 e. The van der Waals surface area contributed by atoms with Crippen molar-refractivity contribution in [3.8, 4) is 0 Å². The topological polar surface area (TPSA) is 114 Å². The van der Waals surface area contributed by atoms with E-state index in [1.165, 1.54) is 5.01 Å². The van der Waals surface area contributed by atoms with Gasteiger partial charge in [0.05, 0.1) is 30.1 Å². The first-order valence-electron chi connectivity index (χ1n) is 10.0. The first-order chi connectivity index (χ1) is 14.6. The van der Waals surface area contributed by atoms with Gasteiger partial charge in [-0.15, -0.1) is 0 Å². The minimum atomic E-state index is 0.171. The third-order valence-electron chi connectivity index (χ3n) is 5.25. The summed E-state index contributed by atoms with van der Waals surface area (Å²) in [5, 5.41) is 9.68. The number of morpholine rings is 1. The largest absolute Gasteiger partial charge is 0.396 e. The monoisotopic (exact) mass is 406 g/mol. The lowest BCUT2D eigenvalue weighted by Gasteiger charge is -2.26. The number of carbonyl (C=O) groups excluding carboxylic acids is 1. The number of nitrogens with zero attached hydrogens (tertiary/aromatic N) is 3. The molecular weight excluding hydrogens is 380 g/mol. The molecule has 1 aliphatic heterocycles. The fourth-order valence-corrected chi connectivity index (χ4v) is 3.53. The quantitative estimate of drug-likeness (QED) is 0.426. The number of rotatable bonds is 6. The van der Waals surface area contributed by atoms with Crippen LogP contribution in [0.15, 0.2) is 54.7 Å². The van der Waals surface area contributed by atoms with Gasteiger partial charge in [-0.3, -0.25) is 14.9 Å². The van der Waals surface area contributed by atoms with Gasteiger partial charge in [0.1, 0.15) is 5.69 Å². The number of hydrogen-bond donors (Lipinski definition) is 3. The second-order valence-corrected chi connectivity index (χ2v) is 7.27. The van der Waals surface area contributed by atoms with Crippen LogP contribution in [0, 0.1) is 0 Å². The van der Waals surface area contributed by atoms with E-state index in [1.807, 2.05) is 53.4 Å². The molecule has 0 saturated carbocycles. The summed E-state index contributed by atoms with van der Waals surface area (Å²) >= 11 is 0. The molecule has 30 heavy (non-hydrogen) atoms. The van der Waals surface area contributed by atoms with E-state index < -0.39 is 0 Å². The molecule has 0 bridgehead atoms. The van der Waals surface area contributed by atoms with Crippen LogP contribution in [-0.4, -0.2) is 47.3 Å². The molecule has 0 aliphatic carbocycles. The van der Waals surface area contributed by atoms with E-state index in [2.05, 4.69) is 10.2 Å². The predicted molar refractivity (Wildman–Crippen MR) is 117 cm³/mol. The Morgan fingerprint density at radius 3 is 2.67 bits per heavy atom. The highest BCUT2D eigenvalue weighted by atomic mass is 16.5. The van der Waals surface area contributed by atoms with Gasteiger partial charge in [-0.05, 0) is 30.2 Å². The average Bonchev–Trinajstić information content (AvgIpc) is 3.23. The van der Waals surface area contributed by atoms with Crippen LogP contribution in [0.25, 0.3) is 16.6 Å². The predicted octanol–water partition coefficient (Wildman–Crippen LogP) is 1.99. The van der Waals surface area contributed by atoms with Crippen molar-refractivity contribution in [1.29, 1.82) is 0 Å². The van der Waals surface area contributed by atoms with Gasteiger partial charge in [0, 0.05) is 31.1 Å². The summed E-state index contributed by atoms with van der Waals surface area (Å²) in [6.45, 7) is 2.60. The number of amides is 1. The molecule has 2 aromatic carbocycles. The summed E-state index contributed by atoms with van der Waals surface area (Å²) in [5.41, 5.74) is 10.2. The van der Waals surface area contributed by atoms with Crippen LogP contribution < -0.4 is 16.6 Å². The zero-order chi connectivity index (χ0) is 20.9. The highest BCUT2D eigenvalue weighted by Crippen LogP contribution is 2.21. The molecule has 2 heterocycles. The zero-order valence-electron chi connectivity index (χ0n) is 16.8. The molecule has 3 aromatic rings. The third-order valence-corrected chi connectivity index (χ3v) is 5.25. The van der Waals surface area contributed by atoms with Crippen molar-refractivity contribution >= 4 is 28.2 Å². The van der Waals surface area contributed by atoms with Gasteiger partial charge in [0.15, 0.2) is 0 Å². The van der Waals surface area contributed by atoms with Crippen LogP contribution in [0.5, 0.6) is 0 Å². The summed E-state index contributed by atoms with van der Waals surface area (Å²) in [4.78, 5) is 14.2. The number of nitrogens with one attached hydrogen (secondary N) is 1. The zero-order valence-corrected chi connectivity index (χ0v) is 16.8. The smallest absolute Gasteiger partial charge is 0.223 e. The second kappa shape index (κ2) is 8.98. The highest BCUT2D eigenvalue weighted by Gasteiger charge is 2.16. The van der Waals surface area contributed by atoms with Crippen molar-refractivity contribution in [1.82, 2.24) is 15.1 Å². The van der Waals surface area contributed by atoms with Gasteiger partial charge in [-0.25, -0.2) is 5.84 Å². The summed E-state index contributed by atoms with van der Waals surface area (Å²) in [6, 6.07) is 15.6. The van der Waals surface area contributed by atoms with E-state index in [0.29, 0.717) is 50.5 Å². The van der Waals surface area contributed by atoms with Crippen molar-refractivity contribution < 1.29 is 9.53 Å². The number of aromatic nitrogens is 2. The van der Waals surface area contributed by atoms with E-state index in [0.717, 1.165) is 22.2 Å². The number of carbonyl (C=O) groups is 1. The fraction of sp³-hybridized carbons (Fsp3) is 0.273. The molecule has 156 valence electrons. The van der Waals surface area contributed by atoms with Crippen LogP contribution >= 0.6 is 0 Å². The molecule has 1 amide bonds. The Morgan fingerprint density at radius 2 is 1.90 bits per heavy atom. The lowest BCUT2D eigenvalue weighted by Crippen LogP contribution is -2.40. The van der Waals surface area contributed by atoms with E-state index in [4.69, 9.17) is 16.3 Å². The Bertz CT molecular complexity index is 1040. The molecule has 0 spiro atoms. The minimum absolute atomic E-state index is 0.171. The van der Waals surface area contributed by atoms with E-state index >= 15 is 0 Å². The van der Waals surface area contributed by atoms with Crippen molar-refractivity contribution in [2.75, 3.05) is 31.3 Å². The molecule has 0 unspecified atom stereocenters. The molecule has 1 aromatic heterocycles. The number of benzene rings is 2. The number of anilines is 1. The van der Waals surface area contributed by atoms with Crippen LogP contribution in [0.3, 0.4) is 0 Å². The molecule has 0 atom stereocenters. The van der Waals surface area contributed by atoms with Crippen LogP contribution in [0.2, 0.25) is 0 Å². The Labute approximate surface area is 175 Å². The van der Waals surface area contributed by atoms with Crippen molar-refractivity contribution in [3.05, 3.63) is 66.0 Å². The van der Waals surface area contributed by atoms with E-state index in [1.54, 1.807) is 6.20 Å². The molecule has 1 aliphatic rings. The van der Waals surface area contributed by atoms with Crippen molar-refractivity contribution in [2.45, 2.75) is 12.8 Å². The number of fused-ring (bicyclic) bond motifs is 1. The Morgan fingerprint density at radius 1 is 1.17 bits per heavy atom. The number of nitrogens with two attached hydrogens (primary N) is 2. The molecule has 8 nitrogen and oxygen atoms in total. The summed E-state index contributed by atoms with van der Waals surface area (Å²) in [6.07, 6.45) is 2.84. The highest BCUT2D eigenvalue weighted by molar-refractivity contribution is 5.89. The van der Waals surface area contributed by atoms with Crippen LogP contribution in [0.1, 0.15) is 17.7 Å². The first kappa shape index (κ1) is 19.9. The maximum atomic E-state index is 12.3. The number of hydrogen-bond acceptors (Lipinski definition) is 6. The third kappa shape index (κ3) is 4.45. The van der Waals surface area contributed by atoms with Crippen LogP contribution in [-0.2, 0) is 16.0 Å². The molecule has 4 rings (SSSR count). The van der Waals surface area contributed by atoms with E-state index in [-0.39, 0.29) is 5.91 Å². The van der Waals surface area contributed by atoms with Gasteiger partial charge >= 0.3 is 0 Å². The fourth-order valence-electron chi connectivity index (χ4n) is 3.53. The molecule has 1 fully saturated rings. The Balaban J connectivity index is 1.38. The second-order valence-electron chi connectivity index (χ2n) is 7.27.